The van der Waals surface area contributed by atoms with Gasteiger partial charge in [0, 0.05) is 48.2 Å². The summed E-state index contributed by atoms with van der Waals surface area (Å²) in [5, 5.41) is 0. The Balaban J connectivity index is 1.21. The molecule has 0 N–H and O–H groups in total. The summed E-state index contributed by atoms with van der Waals surface area (Å²) < 4.78 is 13.2. The normalized spacial score (nSPS) is 16.5. The lowest BCUT2D eigenvalue weighted by atomic mass is 10.1. The van der Waals surface area contributed by atoms with Gasteiger partial charge in [0.15, 0.2) is 0 Å². The molecule has 6 heteroatoms. The Hall–Kier alpha value is -2.83. The molecule has 1 amide bonds. The molecule has 4 nitrogen and oxygen atoms in total. The van der Waals surface area contributed by atoms with E-state index in [9.17, 15) is 9.18 Å². The molecule has 0 aromatic heterocycles. The van der Waals surface area contributed by atoms with Crippen molar-refractivity contribution >= 4 is 29.0 Å². The van der Waals surface area contributed by atoms with Gasteiger partial charge in [0.2, 0.25) is 0 Å². The second kappa shape index (κ2) is 9.35. The van der Waals surface area contributed by atoms with Crippen molar-refractivity contribution in [2.24, 2.45) is 0 Å². The van der Waals surface area contributed by atoms with Crippen molar-refractivity contribution < 1.29 is 9.18 Å². The Morgan fingerprint density at radius 1 is 0.781 bits per heavy atom. The number of carbonyl (C=O) groups excluding carboxylic acids is 1. The van der Waals surface area contributed by atoms with Crippen LogP contribution < -0.4 is 9.80 Å². The lowest BCUT2D eigenvalue weighted by Crippen LogP contribution is -2.47. The number of halogens is 1. The first kappa shape index (κ1) is 21.0. The minimum Gasteiger partial charge on any atom is -0.369 e. The van der Waals surface area contributed by atoms with E-state index < -0.39 is 0 Å². The molecule has 5 rings (SSSR count). The van der Waals surface area contributed by atoms with E-state index in [0.717, 1.165) is 65.9 Å². The van der Waals surface area contributed by atoms with Crippen LogP contribution in [0.4, 0.5) is 15.8 Å². The summed E-state index contributed by atoms with van der Waals surface area (Å²) in [4.78, 5) is 22.2. The molecule has 0 atom stereocenters. The van der Waals surface area contributed by atoms with Crippen LogP contribution in [0.15, 0.2) is 82.6 Å². The minimum atomic E-state index is -0.196. The fraction of sp³-hybridized carbons (Fsp3) is 0.269. The fourth-order valence-corrected chi connectivity index (χ4v) is 5.51. The molecule has 0 bridgehead atoms. The van der Waals surface area contributed by atoms with Crippen LogP contribution in [-0.4, -0.2) is 50.1 Å². The molecule has 32 heavy (non-hydrogen) atoms. The van der Waals surface area contributed by atoms with Crippen molar-refractivity contribution in [3.63, 3.8) is 0 Å². The molecule has 3 aromatic rings. The van der Waals surface area contributed by atoms with Crippen molar-refractivity contribution in [1.82, 2.24) is 4.90 Å². The molecule has 164 valence electrons. The number of nitrogens with zero attached hydrogens (tertiary/aromatic N) is 3. The number of hydrogen-bond acceptors (Lipinski definition) is 4. The van der Waals surface area contributed by atoms with E-state index in [1.807, 2.05) is 59.5 Å². The van der Waals surface area contributed by atoms with E-state index >= 15 is 0 Å². The highest BCUT2D eigenvalue weighted by atomic mass is 32.2. The highest BCUT2D eigenvalue weighted by Crippen LogP contribution is 2.41. The summed E-state index contributed by atoms with van der Waals surface area (Å²) >= 11 is 1.67. The van der Waals surface area contributed by atoms with Gasteiger partial charge in [-0.2, -0.15) is 0 Å². The number of piperazine rings is 1. The predicted octanol–water partition coefficient (Wildman–Crippen LogP) is 5.15. The third-order valence-electron chi connectivity index (χ3n) is 6.16. The molecule has 0 saturated carbocycles. The van der Waals surface area contributed by atoms with E-state index in [-0.39, 0.29) is 11.7 Å². The van der Waals surface area contributed by atoms with Crippen molar-refractivity contribution in [1.29, 1.82) is 0 Å². The van der Waals surface area contributed by atoms with Gasteiger partial charge in [0.25, 0.3) is 5.91 Å². The Labute approximate surface area is 192 Å². The van der Waals surface area contributed by atoms with Gasteiger partial charge < -0.3 is 9.80 Å². The van der Waals surface area contributed by atoms with Crippen LogP contribution in [-0.2, 0) is 0 Å². The second-order valence-electron chi connectivity index (χ2n) is 8.18. The summed E-state index contributed by atoms with van der Waals surface area (Å²) in [6.45, 7) is 5.46. The average Bonchev–Trinajstić information content (AvgIpc) is 2.95. The van der Waals surface area contributed by atoms with E-state index in [1.54, 1.807) is 11.8 Å². The molecule has 2 aliphatic rings. The van der Waals surface area contributed by atoms with Gasteiger partial charge in [0.1, 0.15) is 5.82 Å². The predicted molar refractivity (Wildman–Crippen MR) is 128 cm³/mol. The van der Waals surface area contributed by atoms with Crippen LogP contribution in [0.5, 0.6) is 0 Å². The summed E-state index contributed by atoms with van der Waals surface area (Å²) in [5.41, 5.74) is 2.86. The lowest BCUT2D eigenvalue weighted by molar-refractivity contribution is 0.0982. The van der Waals surface area contributed by atoms with Crippen LogP contribution in [0.2, 0.25) is 0 Å². The molecule has 0 unspecified atom stereocenters. The highest BCUT2D eigenvalue weighted by Gasteiger charge is 2.27. The van der Waals surface area contributed by atoms with Gasteiger partial charge in [-0.15, -0.1) is 0 Å². The molecular formula is C26H26FN3OS. The maximum absolute atomic E-state index is 13.4. The number of para-hydroxylation sites is 1. The number of amides is 1. The molecule has 0 aliphatic carbocycles. The summed E-state index contributed by atoms with van der Waals surface area (Å²) in [5.74, 6) is -0.114. The van der Waals surface area contributed by atoms with Gasteiger partial charge in [0.05, 0.1) is 11.3 Å². The fourth-order valence-electron chi connectivity index (χ4n) is 4.43. The van der Waals surface area contributed by atoms with E-state index in [0.29, 0.717) is 6.54 Å². The van der Waals surface area contributed by atoms with E-state index in [1.165, 1.54) is 12.1 Å². The van der Waals surface area contributed by atoms with Gasteiger partial charge in [-0.3, -0.25) is 9.69 Å². The first-order chi connectivity index (χ1) is 15.7. The van der Waals surface area contributed by atoms with Crippen LogP contribution in [0.3, 0.4) is 0 Å². The number of benzene rings is 3. The topological polar surface area (TPSA) is 26.8 Å². The highest BCUT2D eigenvalue weighted by molar-refractivity contribution is 7.99. The smallest absolute Gasteiger partial charge is 0.259 e. The molecule has 0 radical (unpaired) electrons. The zero-order chi connectivity index (χ0) is 21.9. The molecule has 2 heterocycles. The maximum atomic E-state index is 13.4. The maximum Gasteiger partial charge on any atom is 0.259 e. The summed E-state index contributed by atoms with van der Waals surface area (Å²) in [6.07, 6.45) is 0.920. The van der Waals surface area contributed by atoms with Gasteiger partial charge in [-0.25, -0.2) is 4.39 Å². The molecule has 1 fully saturated rings. The zero-order valence-electron chi connectivity index (χ0n) is 17.9. The van der Waals surface area contributed by atoms with Crippen LogP contribution in [0, 0.1) is 5.82 Å². The molecule has 3 aromatic carbocycles. The van der Waals surface area contributed by atoms with Crippen molar-refractivity contribution in [2.45, 2.75) is 16.2 Å². The second-order valence-corrected chi connectivity index (χ2v) is 9.27. The largest absolute Gasteiger partial charge is 0.369 e. The molecule has 0 spiro atoms. The number of carbonyl (C=O) groups is 1. The van der Waals surface area contributed by atoms with Crippen molar-refractivity contribution in [3.8, 4) is 0 Å². The van der Waals surface area contributed by atoms with Crippen LogP contribution >= 0.6 is 11.8 Å². The minimum absolute atomic E-state index is 0.0826. The average molecular weight is 448 g/mol. The van der Waals surface area contributed by atoms with Crippen LogP contribution in [0.25, 0.3) is 0 Å². The number of hydrogen-bond donors (Lipinski definition) is 0. The third kappa shape index (κ3) is 4.38. The van der Waals surface area contributed by atoms with E-state index in [2.05, 4.69) is 15.9 Å². The first-order valence-electron chi connectivity index (χ1n) is 11.1. The van der Waals surface area contributed by atoms with Gasteiger partial charge >= 0.3 is 0 Å². The summed E-state index contributed by atoms with van der Waals surface area (Å²) in [7, 11) is 0. The molecule has 2 aliphatic heterocycles. The SMILES string of the molecule is O=C1c2ccccc2Sc2ccccc2N1CCCN1CCN(c2ccc(F)cc2)CC1. The zero-order valence-corrected chi connectivity index (χ0v) is 18.7. The molecule has 1 saturated heterocycles. The first-order valence-corrected chi connectivity index (χ1v) is 11.9. The van der Waals surface area contributed by atoms with Gasteiger partial charge in [-0.1, -0.05) is 36.0 Å². The van der Waals surface area contributed by atoms with Crippen molar-refractivity contribution in [3.05, 3.63) is 84.2 Å². The summed E-state index contributed by atoms with van der Waals surface area (Å²) in [6, 6.07) is 22.8. The Kier molecular flexibility index (Phi) is 6.14. The lowest BCUT2D eigenvalue weighted by Gasteiger charge is -2.36. The van der Waals surface area contributed by atoms with Crippen LogP contribution in [0.1, 0.15) is 16.8 Å². The standard InChI is InChI=1S/C26H26FN3OS/c27-20-10-12-21(13-11-20)29-18-16-28(17-19-29)14-5-15-30-23-7-2-4-9-25(23)32-24-8-3-1-6-22(24)26(30)31/h1-4,6-13H,5,14-19H2. The number of anilines is 2. The number of rotatable bonds is 5. The molecular weight excluding hydrogens is 421 g/mol. The van der Waals surface area contributed by atoms with E-state index in [4.69, 9.17) is 0 Å². The quantitative estimate of drug-likeness (QED) is 0.541. The Morgan fingerprint density at radius 3 is 2.25 bits per heavy atom. The Morgan fingerprint density at radius 2 is 1.47 bits per heavy atom. The Bertz CT molecular complexity index is 1100. The number of fused-ring (bicyclic) bond motifs is 2. The third-order valence-corrected chi connectivity index (χ3v) is 7.30. The van der Waals surface area contributed by atoms with Crippen molar-refractivity contribution in [2.75, 3.05) is 49.1 Å². The monoisotopic (exact) mass is 447 g/mol. The van der Waals surface area contributed by atoms with Gasteiger partial charge in [-0.05, 0) is 61.5 Å².